The highest BCUT2D eigenvalue weighted by Gasteiger charge is 2.30. The minimum absolute atomic E-state index is 0.300. The normalized spacial score (nSPS) is 30.2. The second kappa shape index (κ2) is 3.99. The lowest BCUT2D eigenvalue weighted by Gasteiger charge is -2.37. The van der Waals surface area contributed by atoms with E-state index in [1.54, 1.807) is 0 Å². The van der Waals surface area contributed by atoms with E-state index in [0.29, 0.717) is 5.04 Å². The van der Waals surface area contributed by atoms with Crippen LogP contribution in [0.25, 0.3) is 0 Å². The van der Waals surface area contributed by atoms with Crippen LogP contribution >= 0.6 is 0 Å². The highest BCUT2D eigenvalue weighted by atomic mass is 28.1. The smallest absolute Gasteiger partial charge is 0.0309 e. The molecule has 73 valence electrons. The Morgan fingerprint density at radius 1 is 1.38 bits per heavy atom. The Balaban J connectivity index is 2.57. The maximum Gasteiger partial charge on any atom is 0.0309 e. The summed E-state index contributed by atoms with van der Waals surface area (Å²) in [6.45, 7) is 10.8. The van der Waals surface area contributed by atoms with E-state index in [1.807, 2.05) is 0 Å². The summed E-state index contributed by atoms with van der Waals surface area (Å²) in [5.41, 5.74) is 1.38. The van der Waals surface area contributed by atoms with Gasteiger partial charge in [0.2, 0.25) is 0 Å². The van der Waals surface area contributed by atoms with Crippen molar-refractivity contribution in [1.29, 1.82) is 0 Å². The zero-order valence-corrected chi connectivity index (χ0v) is 10.2. The zero-order chi connectivity index (χ0) is 10.1. The molecule has 3 radical (unpaired) electrons. The summed E-state index contributed by atoms with van der Waals surface area (Å²) in [5, 5.41) is 0.300. The molecule has 0 N–H and O–H groups in total. The number of allylic oxidation sites excluding steroid dienone is 1. The van der Waals surface area contributed by atoms with Crippen LogP contribution in [0.2, 0.25) is 5.04 Å². The Morgan fingerprint density at radius 2 is 2.00 bits per heavy atom. The Morgan fingerprint density at radius 3 is 2.46 bits per heavy atom. The third kappa shape index (κ3) is 2.98. The van der Waals surface area contributed by atoms with Crippen LogP contribution in [0.4, 0.5) is 0 Å². The summed E-state index contributed by atoms with van der Waals surface area (Å²) < 4.78 is 0. The van der Waals surface area contributed by atoms with Gasteiger partial charge in [0.1, 0.15) is 0 Å². The van der Waals surface area contributed by atoms with Crippen molar-refractivity contribution in [1.82, 2.24) is 0 Å². The average Bonchev–Trinajstić information content (AvgIpc) is 2.03. The van der Waals surface area contributed by atoms with Crippen LogP contribution < -0.4 is 0 Å². The minimum Gasteiger partial charge on any atom is -0.0999 e. The molecule has 1 aliphatic carbocycles. The van der Waals surface area contributed by atoms with E-state index < -0.39 is 0 Å². The Kier molecular flexibility index (Phi) is 3.39. The monoisotopic (exact) mass is 193 g/mol. The van der Waals surface area contributed by atoms with Gasteiger partial charge in [0.25, 0.3) is 0 Å². The van der Waals surface area contributed by atoms with Gasteiger partial charge in [0.15, 0.2) is 0 Å². The van der Waals surface area contributed by atoms with E-state index in [1.165, 1.54) is 31.3 Å². The van der Waals surface area contributed by atoms with Gasteiger partial charge in [-0.1, -0.05) is 38.8 Å². The van der Waals surface area contributed by atoms with Crippen LogP contribution in [-0.4, -0.2) is 10.2 Å². The van der Waals surface area contributed by atoms with Crippen LogP contribution in [0.5, 0.6) is 0 Å². The zero-order valence-electron chi connectivity index (χ0n) is 9.19. The molecule has 1 heteroatoms. The SMILES string of the molecule is C=C(C)C1CCCC(C(C)(C)[Si])C1. The predicted octanol–water partition coefficient (Wildman–Crippen LogP) is 3.74. The van der Waals surface area contributed by atoms with Gasteiger partial charge in [0, 0.05) is 10.2 Å². The first-order valence-electron chi connectivity index (χ1n) is 5.31. The topological polar surface area (TPSA) is 0 Å². The van der Waals surface area contributed by atoms with Crippen LogP contribution in [0.1, 0.15) is 46.5 Å². The molecule has 0 aliphatic heterocycles. The summed E-state index contributed by atoms with van der Waals surface area (Å²) in [6, 6.07) is 0. The molecule has 1 aliphatic rings. The molecule has 0 nitrogen and oxygen atoms in total. The lowest BCUT2D eigenvalue weighted by atomic mass is 9.74. The first kappa shape index (κ1) is 11.0. The fourth-order valence-corrected chi connectivity index (χ4v) is 2.56. The molecule has 0 aromatic heterocycles. The fourth-order valence-electron chi connectivity index (χ4n) is 2.29. The molecule has 2 atom stereocenters. The maximum absolute atomic E-state index is 4.08. The maximum atomic E-state index is 4.08. The Labute approximate surface area is 86.2 Å². The minimum atomic E-state index is 0.300. The lowest BCUT2D eigenvalue weighted by molar-refractivity contribution is 0.246. The van der Waals surface area contributed by atoms with Gasteiger partial charge in [-0.2, -0.15) is 0 Å². The third-order valence-electron chi connectivity index (χ3n) is 3.39. The second-order valence-electron chi connectivity index (χ2n) is 5.13. The van der Waals surface area contributed by atoms with Crippen molar-refractivity contribution in [3.8, 4) is 0 Å². The van der Waals surface area contributed by atoms with E-state index in [9.17, 15) is 0 Å². The van der Waals surface area contributed by atoms with Crippen LogP contribution in [0, 0.1) is 11.8 Å². The average molecular weight is 193 g/mol. The standard InChI is InChI=1S/C12H21Si/c1-9(2)10-6-5-7-11(8-10)12(3,4)13/h10-11H,1,5-8H2,2-4H3. The molecule has 0 saturated heterocycles. The molecule has 0 aromatic carbocycles. The lowest BCUT2D eigenvalue weighted by Crippen LogP contribution is -2.25. The third-order valence-corrected chi connectivity index (χ3v) is 3.80. The van der Waals surface area contributed by atoms with Crippen molar-refractivity contribution in [2.75, 3.05) is 0 Å². The molecule has 1 saturated carbocycles. The number of hydrogen-bond donors (Lipinski definition) is 0. The molecule has 0 aromatic rings. The van der Waals surface area contributed by atoms with E-state index in [-0.39, 0.29) is 0 Å². The van der Waals surface area contributed by atoms with E-state index >= 15 is 0 Å². The molecule has 1 rings (SSSR count). The van der Waals surface area contributed by atoms with Gasteiger partial charge < -0.3 is 0 Å². The molecule has 1 fully saturated rings. The first-order valence-corrected chi connectivity index (χ1v) is 5.81. The van der Waals surface area contributed by atoms with Crippen LogP contribution in [-0.2, 0) is 0 Å². The number of rotatable bonds is 2. The van der Waals surface area contributed by atoms with Gasteiger partial charge >= 0.3 is 0 Å². The van der Waals surface area contributed by atoms with Crippen LogP contribution in [0.15, 0.2) is 12.2 Å². The van der Waals surface area contributed by atoms with Gasteiger partial charge in [-0.15, -0.1) is 0 Å². The Hall–Kier alpha value is -0.0431. The summed E-state index contributed by atoms with van der Waals surface area (Å²) in [6.07, 6.45) is 5.43. The largest absolute Gasteiger partial charge is 0.0999 e. The van der Waals surface area contributed by atoms with Crippen molar-refractivity contribution in [2.45, 2.75) is 51.5 Å². The van der Waals surface area contributed by atoms with Gasteiger partial charge in [-0.25, -0.2) is 0 Å². The molecule has 0 bridgehead atoms. The van der Waals surface area contributed by atoms with Crippen molar-refractivity contribution in [2.24, 2.45) is 11.8 Å². The van der Waals surface area contributed by atoms with Crippen molar-refractivity contribution < 1.29 is 0 Å². The molecule has 0 amide bonds. The van der Waals surface area contributed by atoms with Crippen molar-refractivity contribution in [3.05, 3.63) is 12.2 Å². The van der Waals surface area contributed by atoms with Gasteiger partial charge in [-0.05, 0) is 36.6 Å². The summed E-state index contributed by atoms with van der Waals surface area (Å²) in [5.74, 6) is 1.59. The molecule has 0 spiro atoms. The summed E-state index contributed by atoms with van der Waals surface area (Å²) >= 11 is 0. The Bertz CT molecular complexity index is 188. The fraction of sp³-hybridized carbons (Fsp3) is 0.833. The molecular weight excluding hydrogens is 172 g/mol. The summed E-state index contributed by atoms with van der Waals surface area (Å²) in [4.78, 5) is 0. The molecule has 0 heterocycles. The van der Waals surface area contributed by atoms with Crippen molar-refractivity contribution in [3.63, 3.8) is 0 Å². The molecule has 13 heavy (non-hydrogen) atoms. The van der Waals surface area contributed by atoms with E-state index in [2.05, 4.69) is 37.6 Å². The van der Waals surface area contributed by atoms with Crippen LogP contribution in [0.3, 0.4) is 0 Å². The highest BCUT2D eigenvalue weighted by Crippen LogP contribution is 2.44. The molecule has 2 unspecified atom stereocenters. The highest BCUT2D eigenvalue weighted by molar-refractivity contribution is 6.14. The number of hydrogen-bond acceptors (Lipinski definition) is 0. The van der Waals surface area contributed by atoms with Gasteiger partial charge in [0.05, 0.1) is 0 Å². The molecular formula is C12H21Si. The second-order valence-corrected chi connectivity index (χ2v) is 6.42. The van der Waals surface area contributed by atoms with Crippen molar-refractivity contribution >= 4 is 10.2 Å². The first-order chi connectivity index (χ1) is 5.91. The predicted molar refractivity (Wildman–Crippen MR) is 60.1 cm³/mol. The summed E-state index contributed by atoms with van der Waals surface area (Å²) in [7, 11) is 3.84. The van der Waals surface area contributed by atoms with E-state index in [4.69, 9.17) is 0 Å². The quantitative estimate of drug-likeness (QED) is 0.463. The van der Waals surface area contributed by atoms with E-state index in [0.717, 1.165) is 11.8 Å². The van der Waals surface area contributed by atoms with Gasteiger partial charge in [-0.3, -0.25) is 0 Å².